The van der Waals surface area contributed by atoms with E-state index >= 15 is 0 Å². The number of non-ortho nitro benzene ring substituents is 2. The molecule has 16 heteroatoms. The highest BCUT2D eigenvalue weighted by molar-refractivity contribution is 6.33. The third-order valence-corrected chi connectivity index (χ3v) is 11.3. The molecule has 4 aromatic rings. The molecule has 4 fully saturated rings. The zero-order valence-electron chi connectivity index (χ0n) is 27.3. The van der Waals surface area contributed by atoms with E-state index in [1.165, 1.54) is 60.7 Å². The number of nitrogens with zero attached hydrogens (tertiary/aromatic N) is 6. The van der Waals surface area contributed by atoms with Crippen LogP contribution in [-0.4, -0.2) is 55.6 Å². The van der Waals surface area contributed by atoms with Crippen LogP contribution in [0.25, 0.3) is 0 Å². The number of fused-ring (bicyclic) bond motifs is 5. The first kappa shape index (κ1) is 33.6. The van der Waals surface area contributed by atoms with Crippen LogP contribution in [0.5, 0.6) is 0 Å². The highest BCUT2D eigenvalue weighted by Gasteiger charge is 2.73. The zero-order valence-corrected chi connectivity index (χ0v) is 28.8. The Morgan fingerprint density at radius 2 is 0.865 bits per heavy atom. The number of benzene rings is 4. The van der Waals surface area contributed by atoms with Crippen LogP contribution in [-0.2, 0) is 19.2 Å². The summed E-state index contributed by atoms with van der Waals surface area (Å²) in [7, 11) is 0. The van der Waals surface area contributed by atoms with Gasteiger partial charge in [-0.2, -0.15) is 0 Å². The van der Waals surface area contributed by atoms with E-state index in [0.717, 1.165) is 20.9 Å². The van der Waals surface area contributed by atoms with Gasteiger partial charge in [0.05, 0.1) is 45.1 Å². The standard InChI is InChI=1S/C36H26Cl2N6O8/c1-17-3-9-23(15-25(17)37)39-33(45)27-29(19-5-11-21(12-6-19)43(49)50)42-32-28(34(46)40(36(32)48)24-10-4-18(2)26(38)16-24)30(41(42)31(27)35(39)47)20-7-13-22(14-8-20)44(51)52/h3-16,27-32H,1-2H3. The van der Waals surface area contributed by atoms with Crippen molar-refractivity contribution in [2.75, 3.05) is 9.80 Å². The highest BCUT2D eigenvalue weighted by Crippen LogP contribution is 2.60. The topological polar surface area (TPSA) is 168 Å². The summed E-state index contributed by atoms with van der Waals surface area (Å²) in [6, 6.07) is 16.0. The van der Waals surface area contributed by atoms with Crippen LogP contribution in [0.2, 0.25) is 10.0 Å². The molecule has 0 radical (unpaired) electrons. The molecule has 6 unspecified atom stereocenters. The second-order valence-corrected chi connectivity index (χ2v) is 14.0. The van der Waals surface area contributed by atoms with Crippen molar-refractivity contribution in [1.29, 1.82) is 0 Å². The third-order valence-electron chi connectivity index (χ3n) is 10.4. The molecular formula is C36H26Cl2N6O8. The Bertz CT molecular complexity index is 2110. The maximum Gasteiger partial charge on any atom is 0.269 e. The van der Waals surface area contributed by atoms with E-state index in [9.17, 15) is 39.4 Å². The van der Waals surface area contributed by atoms with Crippen LogP contribution in [0.15, 0.2) is 84.9 Å². The summed E-state index contributed by atoms with van der Waals surface area (Å²) in [6.07, 6.45) is 0. The first-order valence-corrected chi connectivity index (χ1v) is 16.9. The predicted octanol–water partition coefficient (Wildman–Crippen LogP) is 5.87. The fraction of sp³-hybridized carbons (Fsp3) is 0.222. The molecule has 0 aliphatic carbocycles. The molecule has 4 aliphatic rings. The van der Waals surface area contributed by atoms with Gasteiger partial charge in [0.2, 0.25) is 11.8 Å². The number of imide groups is 2. The summed E-state index contributed by atoms with van der Waals surface area (Å²) in [4.78, 5) is 82.6. The molecule has 6 atom stereocenters. The van der Waals surface area contributed by atoms with Crippen molar-refractivity contribution < 1.29 is 29.0 Å². The molecule has 0 aromatic heterocycles. The molecule has 4 saturated heterocycles. The summed E-state index contributed by atoms with van der Waals surface area (Å²) in [5, 5.41) is 27.0. The van der Waals surface area contributed by atoms with E-state index in [4.69, 9.17) is 23.2 Å². The van der Waals surface area contributed by atoms with Gasteiger partial charge in [0.15, 0.2) is 0 Å². The Kier molecular flexibility index (Phi) is 7.77. The lowest BCUT2D eigenvalue weighted by Gasteiger charge is -2.35. The van der Waals surface area contributed by atoms with Crippen LogP contribution in [0, 0.1) is 45.9 Å². The van der Waals surface area contributed by atoms with Crippen molar-refractivity contribution in [3.8, 4) is 0 Å². The number of amides is 4. The van der Waals surface area contributed by atoms with E-state index in [2.05, 4.69) is 0 Å². The van der Waals surface area contributed by atoms with Crippen LogP contribution in [0.3, 0.4) is 0 Å². The predicted molar refractivity (Wildman–Crippen MR) is 187 cm³/mol. The molecule has 262 valence electrons. The number of anilines is 2. The van der Waals surface area contributed by atoms with Crippen molar-refractivity contribution in [2.45, 2.75) is 38.0 Å². The first-order chi connectivity index (χ1) is 24.8. The zero-order chi connectivity index (χ0) is 36.9. The largest absolute Gasteiger partial charge is 0.274 e. The SMILES string of the molecule is Cc1ccc(N2C(=O)C3C(C2=O)N2C(c4ccc([N+](=O)[O-])cc4)C4C(=O)N(c5ccc(C)c(Cl)c5)C(=O)C4N2C3c2ccc([N+](=O)[O-])cc2)cc1Cl. The second kappa shape index (κ2) is 12.0. The summed E-state index contributed by atoms with van der Waals surface area (Å²) in [5.41, 5.74) is 2.28. The fourth-order valence-electron chi connectivity index (χ4n) is 8.04. The van der Waals surface area contributed by atoms with Gasteiger partial charge in [0, 0.05) is 34.3 Å². The number of nitro benzene ring substituents is 2. The van der Waals surface area contributed by atoms with E-state index in [0.29, 0.717) is 21.2 Å². The van der Waals surface area contributed by atoms with Gasteiger partial charge in [-0.25, -0.2) is 19.8 Å². The number of hydrazine groups is 1. The van der Waals surface area contributed by atoms with Gasteiger partial charge in [-0.1, -0.05) is 59.6 Å². The lowest BCUT2D eigenvalue weighted by Crippen LogP contribution is -2.50. The third kappa shape index (κ3) is 4.79. The Morgan fingerprint density at radius 1 is 0.519 bits per heavy atom. The smallest absolute Gasteiger partial charge is 0.269 e. The summed E-state index contributed by atoms with van der Waals surface area (Å²) in [5.74, 6) is -4.71. The summed E-state index contributed by atoms with van der Waals surface area (Å²) >= 11 is 12.8. The maximum atomic E-state index is 14.6. The summed E-state index contributed by atoms with van der Waals surface area (Å²) < 4.78 is 0. The first-order valence-electron chi connectivity index (χ1n) is 16.1. The number of rotatable bonds is 6. The van der Waals surface area contributed by atoms with Crippen molar-refractivity contribution >= 4 is 69.6 Å². The molecule has 4 amide bonds. The second-order valence-electron chi connectivity index (χ2n) is 13.2. The minimum absolute atomic E-state index is 0.211. The maximum absolute atomic E-state index is 14.6. The van der Waals surface area contributed by atoms with Gasteiger partial charge < -0.3 is 0 Å². The van der Waals surface area contributed by atoms with Crippen molar-refractivity contribution in [1.82, 2.24) is 10.0 Å². The monoisotopic (exact) mass is 740 g/mol. The molecule has 8 rings (SSSR count). The highest BCUT2D eigenvalue weighted by atomic mass is 35.5. The minimum Gasteiger partial charge on any atom is -0.274 e. The van der Waals surface area contributed by atoms with Crippen LogP contribution in [0.1, 0.15) is 34.3 Å². The van der Waals surface area contributed by atoms with E-state index in [-0.39, 0.29) is 22.7 Å². The number of nitro groups is 2. The normalized spacial score (nSPS) is 25.5. The Morgan fingerprint density at radius 3 is 1.17 bits per heavy atom. The molecule has 4 heterocycles. The average molecular weight is 742 g/mol. The fourth-order valence-corrected chi connectivity index (χ4v) is 8.38. The lowest BCUT2D eigenvalue weighted by molar-refractivity contribution is -0.385. The summed E-state index contributed by atoms with van der Waals surface area (Å²) in [6.45, 7) is 3.55. The Hall–Kier alpha value is -5.54. The quantitative estimate of drug-likeness (QED) is 0.132. The van der Waals surface area contributed by atoms with Gasteiger partial charge in [-0.05, 0) is 60.4 Å². The van der Waals surface area contributed by atoms with Crippen molar-refractivity contribution in [3.05, 3.63) is 137 Å². The van der Waals surface area contributed by atoms with Crippen molar-refractivity contribution in [2.24, 2.45) is 11.8 Å². The van der Waals surface area contributed by atoms with E-state index < -0.39 is 69.5 Å². The minimum atomic E-state index is -1.23. The molecule has 4 aromatic carbocycles. The van der Waals surface area contributed by atoms with E-state index in [1.807, 2.05) is 0 Å². The molecule has 14 nitrogen and oxygen atoms in total. The van der Waals surface area contributed by atoms with Crippen molar-refractivity contribution in [3.63, 3.8) is 0 Å². The molecule has 52 heavy (non-hydrogen) atoms. The van der Waals surface area contributed by atoms with Gasteiger partial charge >= 0.3 is 0 Å². The van der Waals surface area contributed by atoms with Gasteiger partial charge in [0.25, 0.3) is 23.2 Å². The van der Waals surface area contributed by atoms with Gasteiger partial charge in [-0.15, -0.1) is 0 Å². The van der Waals surface area contributed by atoms with Gasteiger partial charge in [0.1, 0.15) is 12.1 Å². The van der Waals surface area contributed by atoms with Crippen LogP contribution >= 0.6 is 23.2 Å². The molecule has 0 bridgehead atoms. The number of hydrogen-bond donors (Lipinski definition) is 0. The number of aryl methyl sites for hydroxylation is 2. The average Bonchev–Trinajstić information content (AvgIpc) is 3.79. The molecule has 0 saturated carbocycles. The molecular weight excluding hydrogens is 715 g/mol. The van der Waals surface area contributed by atoms with E-state index in [1.54, 1.807) is 48.1 Å². The molecule has 4 aliphatic heterocycles. The number of hydrogen-bond acceptors (Lipinski definition) is 10. The number of carbonyl (C=O) groups excluding carboxylic acids is 4. The molecule has 0 spiro atoms. The Labute approximate surface area is 305 Å². The molecule has 0 N–H and O–H groups in total. The van der Waals surface area contributed by atoms with Crippen LogP contribution in [0.4, 0.5) is 22.7 Å². The van der Waals surface area contributed by atoms with Crippen LogP contribution < -0.4 is 9.80 Å². The number of carbonyl (C=O) groups is 4. The van der Waals surface area contributed by atoms with Gasteiger partial charge in [-0.3, -0.25) is 39.4 Å². The lowest BCUT2D eigenvalue weighted by atomic mass is 9.84. The Balaban J connectivity index is 1.33. The number of halogens is 2.